The third-order valence-electron chi connectivity index (χ3n) is 3.11. The lowest BCUT2D eigenvalue weighted by Crippen LogP contribution is -2.31. The zero-order valence-corrected chi connectivity index (χ0v) is 11.0. The van der Waals surface area contributed by atoms with Crippen molar-refractivity contribution in [3.63, 3.8) is 0 Å². The zero-order valence-electron chi connectivity index (χ0n) is 9.39. The Morgan fingerprint density at radius 1 is 1.33 bits per heavy atom. The topological polar surface area (TPSA) is 12.0 Å². The molecule has 1 aliphatic rings. The molecule has 82 valence electrons. The molecule has 0 amide bonds. The Morgan fingerprint density at radius 3 is 2.53 bits per heavy atom. The maximum atomic E-state index is 3.57. The summed E-state index contributed by atoms with van der Waals surface area (Å²) in [6, 6.07) is 8.69. The van der Waals surface area contributed by atoms with E-state index in [1.54, 1.807) is 0 Å². The van der Waals surface area contributed by atoms with Crippen molar-refractivity contribution >= 4 is 15.9 Å². The number of nitrogens with one attached hydrogen (secondary N) is 1. The minimum atomic E-state index is 0.333. The molecule has 1 N–H and O–H groups in total. The average Bonchev–Trinajstić information content (AvgIpc) is 2.50. The molecule has 1 unspecified atom stereocenters. The summed E-state index contributed by atoms with van der Waals surface area (Å²) in [4.78, 5) is 0. The molecule has 0 aliphatic carbocycles. The van der Waals surface area contributed by atoms with Crippen molar-refractivity contribution in [2.45, 2.75) is 32.2 Å². The molecular formula is C13H18BrN. The number of halogens is 1. The molecular weight excluding hydrogens is 250 g/mol. The highest BCUT2D eigenvalue weighted by atomic mass is 79.9. The smallest absolute Gasteiger partial charge is 0.0175 e. The lowest BCUT2D eigenvalue weighted by molar-refractivity contribution is 0.441. The monoisotopic (exact) mass is 267 g/mol. The first-order valence-electron chi connectivity index (χ1n) is 5.55. The summed E-state index contributed by atoms with van der Waals surface area (Å²) >= 11 is 3.46. The Labute approximate surface area is 100 Å². The van der Waals surface area contributed by atoms with Crippen LogP contribution >= 0.6 is 15.9 Å². The van der Waals surface area contributed by atoms with Gasteiger partial charge in [0.15, 0.2) is 0 Å². The van der Waals surface area contributed by atoms with Crippen LogP contribution in [0.2, 0.25) is 0 Å². The van der Waals surface area contributed by atoms with E-state index in [1.807, 2.05) is 0 Å². The molecule has 1 aliphatic heterocycles. The molecule has 15 heavy (non-hydrogen) atoms. The Kier molecular flexibility index (Phi) is 3.17. The molecule has 1 aromatic carbocycles. The van der Waals surface area contributed by atoms with E-state index >= 15 is 0 Å². The summed E-state index contributed by atoms with van der Waals surface area (Å²) in [5, 5.41) is 3.57. The average molecular weight is 268 g/mol. The van der Waals surface area contributed by atoms with E-state index in [4.69, 9.17) is 0 Å². The van der Waals surface area contributed by atoms with Crippen LogP contribution in [0, 0.1) is 5.92 Å². The molecule has 2 rings (SSSR count). The van der Waals surface area contributed by atoms with Crippen LogP contribution in [0.25, 0.3) is 0 Å². The molecule has 1 fully saturated rings. The summed E-state index contributed by atoms with van der Waals surface area (Å²) in [6.07, 6.45) is 2.48. The van der Waals surface area contributed by atoms with Crippen LogP contribution in [0.4, 0.5) is 0 Å². The van der Waals surface area contributed by atoms with E-state index in [0.717, 1.165) is 16.9 Å². The number of hydrogen-bond acceptors (Lipinski definition) is 1. The number of hydrogen-bond donors (Lipinski definition) is 1. The Hall–Kier alpha value is -0.340. The van der Waals surface area contributed by atoms with E-state index in [0.29, 0.717) is 5.54 Å². The normalized spacial score (nSPS) is 24.3. The van der Waals surface area contributed by atoms with Crippen LogP contribution in [0.5, 0.6) is 0 Å². The molecule has 1 heterocycles. The lowest BCUT2D eigenvalue weighted by Gasteiger charge is -2.17. The molecule has 1 atom stereocenters. The highest BCUT2D eigenvalue weighted by molar-refractivity contribution is 9.10. The summed E-state index contributed by atoms with van der Waals surface area (Å²) in [5.74, 6) is 0.793. The SMILES string of the molecule is CC1(C)CC(Cc2ccc(Br)cc2)CN1. The summed E-state index contributed by atoms with van der Waals surface area (Å²) in [5.41, 5.74) is 1.78. The van der Waals surface area contributed by atoms with Crippen molar-refractivity contribution in [1.82, 2.24) is 5.32 Å². The fourth-order valence-electron chi connectivity index (χ4n) is 2.38. The van der Waals surface area contributed by atoms with E-state index in [9.17, 15) is 0 Å². The Bertz CT molecular complexity index is 329. The van der Waals surface area contributed by atoms with Gasteiger partial charge in [-0.3, -0.25) is 0 Å². The van der Waals surface area contributed by atoms with Crippen LogP contribution in [-0.2, 0) is 6.42 Å². The van der Waals surface area contributed by atoms with Gasteiger partial charge in [0.25, 0.3) is 0 Å². The van der Waals surface area contributed by atoms with Gasteiger partial charge in [-0.05, 0) is 56.8 Å². The van der Waals surface area contributed by atoms with E-state index in [2.05, 4.69) is 59.4 Å². The third kappa shape index (κ3) is 3.05. The third-order valence-corrected chi connectivity index (χ3v) is 3.63. The first-order chi connectivity index (χ1) is 7.05. The highest BCUT2D eigenvalue weighted by Crippen LogP contribution is 2.26. The van der Waals surface area contributed by atoms with E-state index in [1.165, 1.54) is 18.4 Å². The van der Waals surface area contributed by atoms with Gasteiger partial charge in [0.1, 0.15) is 0 Å². The van der Waals surface area contributed by atoms with Crippen molar-refractivity contribution in [1.29, 1.82) is 0 Å². The quantitative estimate of drug-likeness (QED) is 0.867. The van der Waals surface area contributed by atoms with E-state index < -0.39 is 0 Å². The van der Waals surface area contributed by atoms with Crippen molar-refractivity contribution in [3.8, 4) is 0 Å². The van der Waals surface area contributed by atoms with Gasteiger partial charge in [-0.1, -0.05) is 28.1 Å². The highest BCUT2D eigenvalue weighted by Gasteiger charge is 2.29. The van der Waals surface area contributed by atoms with Crippen LogP contribution in [0.1, 0.15) is 25.8 Å². The van der Waals surface area contributed by atoms with Crippen LogP contribution < -0.4 is 5.32 Å². The summed E-state index contributed by atoms with van der Waals surface area (Å²) in [6.45, 7) is 5.73. The van der Waals surface area contributed by atoms with Crippen LogP contribution in [0.3, 0.4) is 0 Å². The Morgan fingerprint density at radius 2 is 2.00 bits per heavy atom. The van der Waals surface area contributed by atoms with Gasteiger partial charge in [-0.2, -0.15) is 0 Å². The molecule has 0 radical (unpaired) electrons. The van der Waals surface area contributed by atoms with Gasteiger partial charge in [0, 0.05) is 10.0 Å². The van der Waals surface area contributed by atoms with Crippen molar-refractivity contribution in [2.24, 2.45) is 5.92 Å². The standard InChI is InChI=1S/C13H18BrN/c1-13(2)8-11(9-15-13)7-10-3-5-12(14)6-4-10/h3-6,11,15H,7-9H2,1-2H3. The van der Waals surface area contributed by atoms with Crippen LogP contribution in [0.15, 0.2) is 28.7 Å². The zero-order chi connectivity index (χ0) is 10.9. The molecule has 0 aromatic heterocycles. The van der Waals surface area contributed by atoms with E-state index in [-0.39, 0.29) is 0 Å². The second-order valence-corrected chi connectivity index (χ2v) is 6.08. The second-order valence-electron chi connectivity index (χ2n) is 5.17. The van der Waals surface area contributed by atoms with Crippen molar-refractivity contribution < 1.29 is 0 Å². The minimum Gasteiger partial charge on any atom is -0.311 e. The first-order valence-corrected chi connectivity index (χ1v) is 6.34. The molecule has 1 saturated heterocycles. The molecule has 0 bridgehead atoms. The number of rotatable bonds is 2. The predicted molar refractivity (Wildman–Crippen MR) is 68.0 cm³/mol. The largest absolute Gasteiger partial charge is 0.311 e. The fourth-order valence-corrected chi connectivity index (χ4v) is 2.65. The van der Waals surface area contributed by atoms with Gasteiger partial charge in [-0.15, -0.1) is 0 Å². The van der Waals surface area contributed by atoms with Gasteiger partial charge < -0.3 is 5.32 Å². The second kappa shape index (κ2) is 4.26. The van der Waals surface area contributed by atoms with Gasteiger partial charge in [0.05, 0.1) is 0 Å². The molecule has 2 heteroatoms. The molecule has 1 aromatic rings. The lowest BCUT2D eigenvalue weighted by atomic mass is 9.92. The molecule has 1 nitrogen and oxygen atoms in total. The fraction of sp³-hybridized carbons (Fsp3) is 0.538. The summed E-state index contributed by atoms with van der Waals surface area (Å²) < 4.78 is 1.16. The molecule has 0 spiro atoms. The first kappa shape index (κ1) is 11.2. The van der Waals surface area contributed by atoms with Gasteiger partial charge in [0.2, 0.25) is 0 Å². The minimum absolute atomic E-state index is 0.333. The van der Waals surface area contributed by atoms with Crippen LogP contribution in [-0.4, -0.2) is 12.1 Å². The van der Waals surface area contributed by atoms with Gasteiger partial charge in [-0.25, -0.2) is 0 Å². The molecule has 0 saturated carbocycles. The predicted octanol–water partition coefficient (Wildman–Crippen LogP) is 3.38. The van der Waals surface area contributed by atoms with Crippen molar-refractivity contribution in [3.05, 3.63) is 34.3 Å². The summed E-state index contributed by atoms with van der Waals surface area (Å²) in [7, 11) is 0. The Balaban J connectivity index is 1.96. The maximum absolute atomic E-state index is 3.57. The van der Waals surface area contributed by atoms with Gasteiger partial charge >= 0.3 is 0 Å². The van der Waals surface area contributed by atoms with Crippen molar-refractivity contribution in [2.75, 3.05) is 6.54 Å². The number of benzene rings is 1. The maximum Gasteiger partial charge on any atom is 0.0175 e.